The standard InChI is InChI=1S/C37H52O12/c1-35(2)42-22-26(45-35)27(29-32(33(38-7)39-8)49-37(5,6)47-29)44-34-31(41-20-24-17-13-10-14-18-24)30-28(46-36(3,4)48-30)25(43-34)21-40-19-23-15-11-9-12-16-23/h9-18,25-34H,19-22H2,1-8H3/t25-,26-,27-,28+,29+,30+,31+,32-,34+/m1/s1. The van der Waals surface area contributed by atoms with Crippen LogP contribution in [-0.4, -0.2) is 106 Å². The summed E-state index contributed by atoms with van der Waals surface area (Å²) < 4.78 is 76.4. The Labute approximate surface area is 289 Å². The van der Waals surface area contributed by atoms with E-state index in [1.165, 1.54) is 0 Å². The maximum atomic E-state index is 7.03. The third-order valence-corrected chi connectivity index (χ3v) is 9.02. The van der Waals surface area contributed by atoms with Gasteiger partial charge in [-0.25, -0.2) is 0 Å². The van der Waals surface area contributed by atoms with Gasteiger partial charge in [0.15, 0.2) is 29.9 Å². The highest BCUT2D eigenvalue weighted by molar-refractivity contribution is 5.14. The van der Waals surface area contributed by atoms with Crippen LogP contribution in [0.2, 0.25) is 0 Å². The predicted molar refractivity (Wildman–Crippen MR) is 175 cm³/mol. The lowest BCUT2D eigenvalue weighted by Crippen LogP contribution is -2.61. The van der Waals surface area contributed by atoms with Gasteiger partial charge in [-0.05, 0) is 52.7 Å². The second-order valence-corrected chi connectivity index (χ2v) is 14.2. The summed E-state index contributed by atoms with van der Waals surface area (Å²) in [7, 11) is 3.12. The van der Waals surface area contributed by atoms with Crippen molar-refractivity contribution in [3.05, 3.63) is 71.8 Å². The fourth-order valence-electron chi connectivity index (χ4n) is 6.95. The molecule has 0 amide bonds. The van der Waals surface area contributed by atoms with Crippen molar-refractivity contribution in [3.63, 3.8) is 0 Å². The number of hydrogen-bond donors (Lipinski definition) is 0. The van der Waals surface area contributed by atoms with E-state index < -0.39 is 78.8 Å². The highest BCUT2D eigenvalue weighted by Gasteiger charge is 2.59. The average molecular weight is 689 g/mol. The molecule has 4 heterocycles. The molecule has 4 aliphatic heterocycles. The van der Waals surface area contributed by atoms with Crippen LogP contribution in [0, 0.1) is 0 Å². The van der Waals surface area contributed by atoms with E-state index in [0.717, 1.165) is 11.1 Å². The lowest BCUT2D eigenvalue weighted by atomic mass is 9.98. The summed E-state index contributed by atoms with van der Waals surface area (Å²) in [6, 6.07) is 19.9. The molecule has 4 fully saturated rings. The molecule has 49 heavy (non-hydrogen) atoms. The number of benzene rings is 2. The largest absolute Gasteiger partial charge is 0.374 e. The van der Waals surface area contributed by atoms with E-state index in [9.17, 15) is 0 Å². The topological polar surface area (TPSA) is 111 Å². The Morgan fingerprint density at radius 2 is 1.29 bits per heavy atom. The summed E-state index contributed by atoms with van der Waals surface area (Å²) in [6.07, 6.45) is -6.69. The van der Waals surface area contributed by atoms with Gasteiger partial charge < -0.3 is 56.8 Å². The zero-order valence-electron chi connectivity index (χ0n) is 29.8. The monoisotopic (exact) mass is 688 g/mol. The molecule has 0 spiro atoms. The molecular weight excluding hydrogens is 636 g/mol. The maximum absolute atomic E-state index is 7.03. The Balaban J connectivity index is 1.32. The van der Waals surface area contributed by atoms with Crippen molar-refractivity contribution in [1.29, 1.82) is 0 Å². The normalized spacial score (nSPS) is 33.9. The number of ether oxygens (including phenoxy) is 12. The van der Waals surface area contributed by atoms with Crippen LogP contribution in [0.25, 0.3) is 0 Å². The van der Waals surface area contributed by atoms with E-state index in [-0.39, 0.29) is 13.2 Å². The summed E-state index contributed by atoms with van der Waals surface area (Å²) >= 11 is 0. The average Bonchev–Trinajstić information content (AvgIpc) is 3.71. The highest BCUT2D eigenvalue weighted by Crippen LogP contribution is 2.43. The summed E-state index contributed by atoms with van der Waals surface area (Å²) in [5, 5.41) is 0. The van der Waals surface area contributed by atoms with Crippen LogP contribution in [0.1, 0.15) is 52.7 Å². The lowest BCUT2D eigenvalue weighted by molar-refractivity contribution is -0.325. The molecule has 272 valence electrons. The van der Waals surface area contributed by atoms with E-state index in [1.807, 2.05) is 102 Å². The van der Waals surface area contributed by atoms with E-state index in [2.05, 4.69) is 0 Å². The first-order chi connectivity index (χ1) is 23.4. The third-order valence-electron chi connectivity index (χ3n) is 9.02. The molecule has 6 rings (SSSR count). The van der Waals surface area contributed by atoms with Gasteiger partial charge >= 0.3 is 0 Å². The molecule has 0 unspecified atom stereocenters. The number of fused-ring (bicyclic) bond motifs is 1. The molecule has 0 aromatic heterocycles. The SMILES string of the molecule is COC(OC)[C@@H]1OC(C)(C)O[C@H]1[C@H](O[C@@H]1O[C@H](COCc2ccccc2)[C@@H]2OC(C)(C)O[C@@H]2[C@@H]1OCc1ccccc1)[C@H]1COC(C)(C)O1. The number of methoxy groups -OCH3 is 2. The lowest BCUT2D eigenvalue weighted by Gasteiger charge is -2.44. The third kappa shape index (κ3) is 8.89. The first kappa shape index (κ1) is 36.7. The predicted octanol–water partition coefficient (Wildman–Crippen LogP) is 4.71. The van der Waals surface area contributed by atoms with Gasteiger partial charge in [0.05, 0.1) is 26.4 Å². The van der Waals surface area contributed by atoms with Gasteiger partial charge in [-0.15, -0.1) is 0 Å². The van der Waals surface area contributed by atoms with Gasteiger partial charge in [-0.2, -0.15) is 0 Å². The van der Waals surface area contributed by atoms with E-state index >= 15 is 0 Å². The van der Waals surface area contributed by atoms with Crippen molar-refractivity contribution >= 4 is 0 Å². The Hall–Kier alpha value is -2.04. The smallest absolute Gasteiger partial charge is 0.187 e. The summed E-state index contributed by atoms with van der Waals surface area (Å²) in [6.45, 7) is 12.4. The molecule has 0 aliphatic carbocycles. The van der Waals surface area contributed by atoms with Gasteiger partial charge in [0.2, 0.25) is 0 Å². The van der Waals surface area contributed by atoms with Crippen molar-refractivity contribution in [2.75, 3.05) is 27.4 Å². The van der Waals surface area contributed by atoms with Gasteiger partial charge in [0.1, 0.15) is 48.8 Å². The molecule has 0 bridgehead atoms. The van der Waals surface area contributed by atoms with Crippen molar-refractivity contribution < 1.29 is 56.8 Å². The molecule has 12 nitrogen and oxygen atoms in total. The van der Waals surface area contributed by atoms with Crippen LogP contribution in [0.3, 0.4) is 0 Å². The van der Waals surface area contributed by atoms with Crippen molar-refractivity contribution in [3.8, 4) is 0 Å². The van der Waals surface area contributed by atoms with Crippen LogP contribution in [0.5, 0.6) is 0 Å². The van der Waals surface area contributed by atoms with Crippen LogP contribution < -0.4 is 0 Å². The summed E-state index contributed by atoms with van der Waals surface area (Å²) in [5.74, 6) is -2.71. The fourth-order valence-corrected chi connectivity index (χ4v) is 6.95. The van der Waals surface area contributed by atoms with Crippen molar-refractivity contribution in [1.82, 2.24) is 0 Å². The van der Waals surface area contributed by atoms with Crippen LogP contribution in [-0.2, 0) is 70.1 Å². The quantitative estimate of drug-likeness (QED) is 0.257. The van der Waals surface area contributed by atoms with Crippen LogP contribution >= 0.6 is 0 Å². The minimum Gasteiger partial charge on any atom is -0.374 e. The second-order valence-electron chi connectivity index (χ2n) is 14.2. The van der Waals surface area contributed by atoms with Gasteiger partial charge in [0.25, 0.3) is 0 Å². The Kier molecular flexibility index (Phi) is 11.5. The molecule has 4 saturated heterocycles. The van der Waals surface area contributed by atoms with Gasteiger partial charge in [-0.1, -0.05) is 60.7 Å². The fraction of sp³-hybridized carbons (Fsp3) is 0.676. The minimum atomic E-state index is -0.969. The van der Waals surface area contributed by atoms with E-state index in [0.29, 0.717) is 13.2 Å². The number of rotatable bonds is 14. The molecule has 0 radical (unpaired) electrons. The Morgan fingerprint density at radius 1 is 0.694 bits per heavy atom. The molecule has 12 heteroatoms. The van der Waals surface area contributed by atoms with E-state index in [1.54, 1.807) is 14.2 Å². The zero-order valence-corrected chi connectivity index (χ0v) is 29.8. The Bertz CT molecular complexity index is 1320. The summed E-state index contributed by atoms with van der Waals surface area (Å²) in [5.41, 5.74) is 2.04. The van der Waals surface area contributed by atoms with Crippen LogP contribution in [0.4, 0.5) is 0 Å². The van der Waals surface area contributed by atoms with Gasteiger partial charge in [-0.3, -0.25) is 0 Å². The van der Waals surface area contributed by atoms with E-state index in [4.69, 9.17) is 56.8 Å². The first-order valence-electron chi connectivity index (χ1n) is 17.0. The molecule has 9 atom stereocenters. The molecule has 0 N–H and O–H groups in total. The van der Waals surface area contributed by atoms with Crippen LogP contribution in [0.15, 0.2) is 60.7 Å². The minimum absolute atomic E-state index is 0.232. The highest BCUT2D eigenvalue weighted by atomic mass is 16.8. The molecule has 4 aliphatic rings. The Morgan fingerprint density at radius 3 is 1.90 bits per heavy atom. The zero-order chi connectivity index (χ0) is 34.8. The molecular formula is C37H52O12. The summed E-state index contributed by atoms with van der Waals surface area (Å²) in [4.78, 5) is 0. The maximum Gasteiger partial charge on any atom is 0.187 e. The van der Waals surface area contributed by atoms with Crippen molar-refractivity contribution in [2.24, 2.45) is 0 Å². The molecule has 2 aromatic rings. The first-order valence-corrected chi connectivity index (χ1v) is 17.0. The van der Waals surface area contributed by atoms with Crippen molar-refractivity contribution in [2.45, 2.75) is 134 Å². The second kappa shape index (κ2) is 15.3. The molecule has 2 aromatic carbocycles. The molecule has 0 saturated carbocycles. The number of hydrogen-bond acceptors (Lipinski definition) is 12. The van der Waals surface area contributed by atoms with Gasteiger partial charge in [0, 0.05) is 14.2 Å².